The number of urea groups is 1. The van der Waals surface area contributed by atoms with Gasteiger partial charge in [0, 0.05) is 33.8 Å². The lowest BCUT2D eigenvalue weighted by molar-refractivity contribution is 0.184. The van der Waals surface area contributed by atoms with Crippen molar-refractivity contribution in [3.8, 4) is 0 Å². The number of carbonyl (C=O) groups is 1. The fourth-order valence-corrected chi connectivity index (χ4v) is 2.93. The number of aryl methyl sites for hydroxylation is 1. The number of fused-ring (bicyclic) bond motifs is 1. The number of ether oxygens (including phenoxy) is 1. The summed E-state index contributed by atoms with van der Waals surface area (Å²) in [6, 6.07) is -0.207. The molecule has 0 bridgehead atoms. The van der Waals surface area contributed by atoms with E-state index in [1.165, 1.54) is 10.9 Å². The molecule has 9 nitrogen and oxygen atoms in total. The van der Waals surface area contributed by atoms with Crippen LogP contribution in [0.2, 0.25) is 0 Å². The molecule has 3 rings (SSSR count). The van der Waals surface area contributed by atoms with Gasteiger partial charge in [-0.05, 0) is 6.42 Å². The molecule has 0 saturated carbocycles. The van der Waals surface area contributed by atoms with Crippen LogP contribution >= 0.6 is 0 Å². The summed E-state index contributed by atoms with van der Waals surface area (Å²) in [5, 5.41) is 2.80. The lowest BCUT2D eigenvalue weighted by Gasteiger charge is -2.17. The van der Waals surface area contributed by atoms with E-state index in [2.05, 4.69) is 15.3 Å². The zero-order valence-electron chi connectivity index (χ0n) is 13.2. The van der Waals surface area contributed by atoms with Gasteiger partial charge in [0.15, 0.2) is 5.65 Å². The highest BCUT2D eigenvalue weighted by molar-refractivity contribution is 5.74. The van der Waals surface area contributed by atoms with E-state index in [-0.39, 0.29) is 17.8 Å². The van der Waals surface area contributed by atoms with Crippen molar-refractivity contribution >= 4 is 17.2 Å². The van der Waals surface area contributed by atoms with Gasteiger partial charge in [-0.25, -0.2) is 19.6 Å². The minimum Gasteiger partial charge on any atom is -0.383 e. The van der Waals surface area contributed by atoms with Gasteiger partial charge in [-0.15, -0.1) is 0 Å². The fourth-order valence-electron chi connectivity index (χ4n) is 2.93. The Morgan fingerprint density at radius 1 is 1.52 bits per heavy atom. The maximum absolute atomic E-state index is 12.5. The number of nitrogens with one attached hydrogen (secondary N) is 1. The van der Waals surface area contributed by atoms with Crippen LogP contribution in [0.4, 0.5) is 4.79 Å². The third kappa shape index (κ3) is 2.79. The molecule has 2 aromatic heterocycles. The number of likely N-dealkylation sites (tertiary alicyclic amines) is 1. The summed E-state index contributed by atoms with van der Waals surface area (Å²) in [5.74, 6) is 0. The SMILES string of the molecule is COCCNC(=O)N1CC[C@@H](n2c(=O)n(C)c3cncnc32)C1. The van der Waals surface area contributed by atoms with Crippen LogP contribution in [-0.2, 0) is 11.8 Å². The van der Waals surface area contributed by atoms with Gasteiger partial charge in [0.1, 0.15) is 11.8 Å². The molecule has 3 heterocycles. The Hall–Kier alpha value is -2.42. The molecule has 1 aliphatic heterocycles. The van der Waals surface area contributed by atoms with Gasteiger partial charge >= 0.3 is 11.7 Å². The lowest BCUT2D eigenvalue weighted by Crippen LogP contribution is -2.40. The molecule has 1 saturated heterocycles. The van der Waals surface area contributed by atoms with Crippen molar-refractivity contribution in [2.45, 2.75) is 12.5 Å². The van der Waals surface area contributed by atoms with Crippen molar-refractivity contribution in [3.05, 3.63) is 23.0 Å². The third-order valence-corrected chi connectivity index (χ3v) is 4.15. The molecule has 2 amide bonds. The average molecular weight is 320 g/mol. The molecule has 0 spiro atoms. The first-order valence-corrected chi connectivity index (χ1v) is 7.52. The molecule has 1 fully saturated rings. The maximum Gasteiger partial charge on any atom is 0.330 e. The molecule has 1 aliphatic rings. The first-order valence-electron chi connectivity index (χ1n) is 7.52. The molecular formula is C14H20N6O3. The summed E-state index contributed by atoms with van der Waals surface area (Å²) in [6.07, 6.45) is 3.79. The van der Waals surface area contributed by atoms with Gasteiger partial charge in [0.05, 0.1) is 18.8 Å². The second kappa shape index (κ2) is 6.37. The van der Waals surface area contributed by atoms with Crippen molar-refractivity contribution in [1.82, 2.24) is 29.3 Å². The fraction of sp³-hybridized carbons (Fsp3) is 0.571. The summed E-state index contributed by atoms with van der Waals surface area (Å²) in [6.45, 7) is 2.04. The highest BCUT2D eigenvalue weighted by atomic mass is 16.5. The maximum atomic E-state index is 12.5. The zero-order valence-corrected chi connectivity index (χ0v) is 13.2. The zero-order chi connectivity index (χ0) is 16.4. The first kappa shape index (κ1) is 15.5. The Bertz CT molecular complexity index is 767. The van der Waals surface area contributed by atoms with Crippen LogP contribution in [-0.4, -0.2) is 63.4 Å². The number of methoxy groups -OCH3 is 1. The second-order valence-electron chi connectivity index (χ2n) is 5.56. The first-order chi connectivity index (χ1) is 11.1. The van der Waals surface area contributed by atoms with Crippen LogP contribution in [0.1, 0.15) is 12.5 Å². The van der Waals surface area contributed by atoms with Crippen LogP contribution in [0.15, 0.2) is 17.3 Å². The van der Waals surface area contributed by atoms with Gasteiger partial charge in [-0.3, -0.25) is 9.13 Å². The molecule has 2 aromatic rings. The quantitative estimate of drug-likeness (QED) is 0.783. The Morgan fingerprint density at radius 2 is 2.35 bits per heavy atom. The van der Waals surface area contributed by atoms with Crippen LogP contribution in [0.25, 0.3) is 11.2 Å². The Kier molecular flexibility index (Phi) is 4.28. The lowest BCUT2D eigenvalue weighted by atomic mass is 10.2. The van der Waals surface area contributed by atoms with Crippen molar-refractivity contribution in [1.29, 1.82) is 0 Å². The summed E-state index contributed by atoms with van der Waals surface area (Å²) >= 11 is 0. The van der Waals surface area contributed by atoms with Crippen molar-refractivity contribution in [3.63, 3.8) is 0 Å². The smallest absolute Gasteiger partial charge is 0.330 e. The topological polar surface area (TPSA) is 94.3 Å². The normalized spacial score (nSPS) is 17.8. The molecule has 9 heteroatoms. The number of nitrogens with zero attached hydrogens (tertiary/aromatic N) is 5. The minimum atomic E-state index is -0.132. The number of rotatable bonds is 4. The van der Waals surface area contributed by atoms with Gasteiger partial charge in [0.2, 0.25) is 0 Å². The molecule has 1 atom stereocenters. The number of amides is 2. The van der Waals surface area contributed by atoms with E-state index in [0.717, 1.165) is 6.42 Å². The average Bonchev–Trinajstić information content (AvgIpc) is 3.13. The minimum absolute atomic E-state index is 0.0747. The largest absolute Gasteiger partial charge is 0.383 e. The van der Waals surface area contributed by atoms with E-state index in [1.54, 1.807) is 29.8 Å². The van der Waals surface area contributed by atoms with E-state index in [9.17, 15) is 9.59 Å². The molecular weight excluding hydrogens is 300 g/mol. The molecule has 23 heavy (non-hydrogen) atoms. The standard InChI is InChI=1S/C14H20N6O3/c1-18-11-7-15-9-17-12(11)20(14(18)22)10-3-5-19(8-10)13(21)16-4-6-23-2/h7,9-10H,3-6,8H2,1-2H3,(H,16,21)/t10-/m1/s1. The highest BCUT2D eigenvalue weighted by Gasteiger charge is 2.30. The number of aromatic nitrogens is 4. The van der Waals surface area contributed by atoms with E-state index in [0.29, 0.717) is 37.4 Å². The number of carbonyl (C=O) groups excluding carboxylic acids is 1. The van der Waals surface area contributed by atoms with Crippen molar-refractivity contribution < 1.29 is 9.53 Å². The summed E-state index contributed by atoms with van der Waals surface area (Å²) in [5.41, 5.74) is 1.17. The van der Waals surface area contributed by atoms with Crippen LogP contribution in [0.3, 0.4) is 0 Å². The Balaban J connectivity index is 1.79. The Labute approximate surface area is 132 Å². The van der Waals surface area contributed by atoms with Gasteiger partial charge in [-0.1, -0.05) is 0 Å². The van der Waals surface area contributed by atoms with E-state index in [1.807, 2.05) is 0 Å². The van der Waals surface area contributed by atoms with Crippen molar-refractivity contribution in [2.24, 2.45) is 7.05 Å². The monoisotopic (exact) mass is 320 g/mol. The molecule has 0 unspecified atom stereocenters. The molecule has 0 radical (unpaired) electrons. The predicted octanol–water partition coefficient (Wildman–Crippen LogP) is -0.267. The van der Waals surface area contributed by atoms with Crippen LogP contribution < -0.4 is 11.0 Å². The third-order valence-electron chi connectivity index (χ3n) is 4.15. The molecule has 1 N–H and O–H groups in total. The number of hydrogen-bond acceptors (Lipinski definition) is 5. The second-order valence-corrected chi connectivity index (χ2v) is 5.56. The van der Waals surface area contributed by atoms with Crippen LogP contribution in [0.5, 0.6) is 0 Å². The Morgan fingerprint density at radius 3 is 3.13 bits per heavy atom. The molecule has 0 aromatic carbocycles. The number of hydrogen-bond donors (Lipinski definition) is 1. The number of imidazole rings is 1. The predicted molar refractivity (Wildman–Crippen MR) is 83.3 cm³/mol. The van der Waals surface area contributed by atoms with E-state index >= 15 is 0 Å². The van der Waals surface area contributed by atoms with E-state index in [4.69, 9.17) is 4.74 Å². The summed E-state index contributed by atoms with van der Waals surface area (Å²) in [7, 11) is 3.29. The van der Waals surface area contributed by atoms with E-state index < -0.39 is 0 Å². The summed E-state index contributed by atoms with van der Waals surface area (Å²) < 4.78 is 8.12. The van der Waals surface area contributed by atoms with Crippen molar-refractivity contribution in [2.75, 3.05) is 33.4 Å². The highest BCUT2D eigenvalue weighted by Crippen LogP contribution is 2.23. The molecule has 124 valence electrons. The molecule has 0 aliphatic carbocycles. The van der Waals surface area contributed by atoms with Gasteiger partial charge in [0.25, 0.3) is 0 Å². The summed E-state index contributed by atoms with van der Waals surface area (Å²) in [4.78, 5) is 34.5. The van der Waals surface area contributed by atoms with Crippen LogP contribution in [0, 0.1) is 0 Å². The van der Waals surface area contributed by atoms with Gasteiger partial charge < -0.3 is 15.0 Å². The van der Waals surface area contributed by atoms with Gasteiger partial charge in [-0.2, -0.15) is 0 Å².